The molecule has 1 aliphatic heterocycles. The van der Waals surface area contributed by atoms with Gasteiger partial charge in [-0.3, -0.25) is 0 Å². The topological polar surface area (TPSA) is 54.0 Å². The van der Waals surface area contributed by atoms with Crippen molar-refractivity contribution in [2.45, 2.75) is 27.2 Å². The highest BCUT2D eigenvalue weighted by molar-refractivity contribution is 5.95. The molecular weight excluding hydrogens is 420 g/mol. The molecule has 0 saturated carbocycles. The van der Waals surface area contributed by atoms with Gasteiger partial charge in [0, 0.05) is 30.2 Å². The van der Waals surface area contributed by atoms with E-state index >= 15 is 0 Å². The number of hydrogen-bond acceptors (Lipinski definition) is 4. The predicted octanol–water partition coefficient (Wildman–Crippen LogP) is 6.35. The fourth-order valence-corrected chi connectivity index (χ4v) is 4.77. The molecule has 172 valence electrons. The van der Waals surface area contributed by atoms with E-state index in [1.165, 1.54) is 49.9 Å². The van der Waals surface area contributed by atoms with Crippen molar-refractivity contribution in [1.29, 1.82) is 0 Å². The van der Waals surface area contributed by atoms with Crippen LogP contribution in [0.2, 0.25) is 0 Å². The lowest BCUT2D eigenvalue weighted by atomic mass is 9.87. The van der Waals surface area contributed by atoms with Crippen LogP contribution in [0.1, 0.15) is 35.6 Å². The number of benzene rings is 2. The Morgan fingerprint density at radius 2 is 1.82 bits per heavy atom. The molecule has 0 atom stereocenters. The van der Waals surface area contributed by atoms with Gasteiger partial charge in [0.2, 0.25) is 5.95 Å². The van der Waals surface area contributed by atoms with Crippen LogP contribution in [0.15, 0.2) is 72.2 Å². The fourth-order valence-electron chi connectivity index (χ4n) is 4.77. The monoisotopic (exact) mass is 450 g/mol. The number of rotatable bonds is 4. The largest absolute Gasteiger partial charge is 0.494 e. The minimum atomic E-state index is 0.669. The van der Waals surface area contributed by atoms with Crippen molar-refractivity contribution in [2.24, 2.45) is 0 Å². The number of piperidine rings is 1. The van der Waals surface area contributed by atoms with Gasteiger partial charge in [0.25, 0.3) is 0 Å². The summed E-state index contributed by atoms with van der Waals surface area (Å²) in [6, 6.07) is 15.2. The molecular formula is C29H30N4O. The van der Waals surface area contributed by atoms with E-state index in [9.17, 15) is 0 Å². The van der Waals surface area contributed by atoms with Gasteiger partial charge in [-0.25, -0.2) is 9.97 Å². The molecule has 0 bridgehead atoms. The number of allylic oxidation sites excluding steroid dienone is 1. The molecule has 3 heterocycles. The second kappa shape index (κ2) is 9.18. The van der Waals surface area contributed by atoms with Crippen molar-refractivity contribution < 1.29 is 4.74 Å². The first-order chi connectivity index (χ1) is 16.5. The number of aryl methyl sites for hydroxylation is 2. The highest BCUT2D eigenvalue weighted by atomic mass is 16.5. The van der Waals surface area contributed by atoms with E-state index in [4.69, 9.17) is 4.74 Å². The molecule has 5 heteroatoms. The van der Waals surface area contributed by atoms with E-state index in [0.717, 1.165) is 25.5 Å². The molecule has 0 radical (unpaired) electrons. The molecule has 1 saturated heterocycles. The molecule has 4 aromatic rings. The number of nitrogens with one attached hydrogen (secondary N) is 1. The Morgan fingerprint density at radius 1 is 1.03 bits per heavy atom. The minimum Gasteiger partial charge on any atom is -0.494 e. The number of fused-ring (bicyclic) bond motifs is 1. The third kappa shape index (κ3) is 4.10. The Labute approximate surface area is 200 Å². The normalized spacial score (nSPS) is 16.8. The van der Waals surface area contributed by atoms with E-state index in [1.54, 1.807) is 19.5 Å². The number of ether oxygens (including phenoxy) is 1. The van der Waals surface area contributed by atoms with Crippen molar-refractivity contribution in [3.05, 3.63) is 94.5 Å². The maximum Gasteiger partial charge on any atom is 0.225 e. The molecule has 1 N–H and O–H groups in total. The average Bonchev–Trinajstić information content (AvgIpc) is 3.37. The minimum absolute atomic E-state index is 0.669. The summed E-state index contributed by atoms with van der Waals surface area (Å²) in [6.07, 6.45) is 8.80. The average molecular weight is 451 g/mol. The second-order valence-electron chi connectivity index (χ2n) is 8.92. The summed E-state index contributed by atoms with van der Waals surface area (Å²) in [6.45, 7) is 8.20. The summed E-state index contributed by atoms with van der Waals surface area (Å²) in [7, 11) is 1.63. The van der Waals surface area contributed by atoms with Crippen molar-refractivity contribution in [3.63, 3.8) is 0 Å². The fraction of sp³-hybridized carbons (Fsp3) is 0.241. The summed E-state index contributed by atoms with van der Waals surface area (Å²) in [5, 5.41) is 1.26. The molecule has 0 amide bonds. The van der Waals surface area contributed by atoms with Gasteiger partial charge in [-0.15, -0.1) is 0 Å². The van der Waals surface area contributed by atoms with E-state index in [2.05, 4.69) is 89.2 Å². The standard InChI is InChI=1S/C29H30N4O/c1-19-7-5-6-8-22(19)15-23-12-14-33(29-31-16-24(34-4)17-32-29)18-27(23)21(3)25-10-9-20(2)28-26(25)11-13-30-28/h5-11,13,15-17,30H,12,14,18H2,1-4H3/b23-15-,27-21+. The van der Waals surface area contributed by atoms with E-state index in [-0.39, 0.29) is 0 Å². The predicted molar refractivity (Wildman–Crippen MR) is 140 cm³/mol. The lowest BCUT2D eigenvalue weighted by molar-refractivity contribution is 0.410. The first-order valence-electron chi connectivity index (χ1n) is 11.7. The van der Waals surface area contributed by atoms with Gasteiger partial charge < -0.3 is 14.6 Å². The van der Waals surface area contributed by atoms with Crippen LogP contribution in [0.4, 0.5) is 5.95 Å². The van der Waals surface area contributed by atoms with Crippen molar-refractivity contribution in [3.8, 4) is 5.75 Å². The van der Waals surface area contributed by atoms with E-state index in [1.807, 2.05) is 6.20 Å². The van der Waals surface area contributed by atoms with Crippen LogP contribution < -0.4 is 9.64 Å². The summed E-state index contributed by atoms with van der Waals surface area (Å²) in [5.74, 6) is 1.40. The van der Waals surface area contributed by atoms with Crippen LogP contribution >= 0.6 is 0 Å². The van der Waals surface area contributed by atoms with Crippen LogP contribution in [0.5, 0.6) is 5.75 Å². The van der Waals surface area contributed by atoms with Gasteiger partial charge in [-0.2, -0.15) is 0 Å². The molecule has 1 fully saturated rings. The number of methoxy groups -OCH3 is 1. The maximum absolute atomic E-state index is 5.25. The van der Waals surface area contributed by atoms with Crippen LogP contribution in [0.3, 0.4) is 0 Å². The Hall–Kier alpha value is -3.86. The van der Waals surface area contributed by atoms with Gasteiger partial charge in [-0.1, -0.05) is 42.5 Å². The lowest BCUT2D eigenvalue weighted by Crippen LogP contribution is -2.34. The first-order valence-corrected chi connectivity index (χ1v) is 11.7. The van der Waals surface area contributed by atoms with Crippen LogP contribution in [0, 0.1) is 13.8 Å². The van der Waals surface area contributed by atoms with Crippen LogP contribution in [0.25, 0.3) is 22.6 Å². The molecule has 0 aliphatic carbocycles. The third-order valence-corrected chi connectivity index (χ3v) is 6.83. The highest BCUT2D eigenvalue weighted by Crippen LogP contribution is 2.36. The quantitative estimate of drug-likeness (QED) is 0.394. The number of hydrogen-bond donors (Lipinski definition) is 1. The molecule has 0 unspecified atom stereocenters. The molecule has 5 rings (SSSR count). The number of aromatic amines is 1. The third-order valence-electron chi connectivity index (χ3n) is 6.83. The Balaban J connectivity index is 1.62. The molecule has 34 heavy (non-hydrogen) atoms. The van der Waals surface area contributed by atoms with Gasteiger partial charge in [0.05, 0.1) is 19.5 Å². The molecule has 5 nitrogen and oxygen atoms in total. The van der Waals surface area contributed by atoms with Gasteiger partial charge >= 0.3 is 0 Å². The highest BCUT2D eigenvalue weighted by Gasteiger charge is 2.24. The number of H-pyrrole nitrogens is 1. The van der Waals surface area contributed by atoms with E-state index in [0.29, 0.717) is 5.75 Å². The van der Waals surface area contributed by atoms with Gasteiger partial charge in [0.15, 0.2) is 5.75 Å². The lowest BCUT2D eigenvalue weighted by Gasteiger charge is -2.32. The van der Waals surface area contributed by atoms with Crippen molar-refractivity contribution in [2.75, 3.05) is 25.1 Å². The molecule has 2 aromatic carbocycles. The Kier molecular flexibility index (Phi) is 5.93. The SMILES string of the molecule is COc1cnc(N2CCC(=C/c3ccccc3C)/C(=C(\C)c3ccc(C)c4[nH]ccc34)C2)nc1. The number of anilines is 1. The summed E-state index contributed by atoms with van der Waals surface area (Å²) in [5.41, 5.74) is 10.3. The summed E-state index contributed by atoms with van der Waals surface area (Å²) < 4.78 is 5.25. The zero-order valence-corrected chi connectivity index (χ0v) is 20.2. The van der Waals surface area contributed by atoms with Gasteiger partial charge in [-0.05, 0) is 72.2 Å². The van der Waals surface area contributed by atoms with Crippen LogP contribution in [-0.2, 0) is 0 Å². The molecule has 2 aromatic heterocycles. The van der Waals surface area contributed by atoms with Gasteiger partial charge in [0.1, 0.15) is 0 Å². The number of nitrogens with zero attached hydrogens (tertiary/aromatic N) is 3. The second-order valence-corrected chi connectivity index (χ2v) is 8.92. The Morgan fingerprint density at radius 3 is 2.59 bits per heavy atom. The molecule has 1 aliphatic rings. The maximum atomic E-state index is 5.25. The summed E-state index contributed by atoms with van der Waals surface area (Å²) >= 11 is 0. The first kappa shape index (κ1) is 22.0. The smallest absolute Gasteiger partial charge is 0.225 e. The molecule has 0 spiro atoms. The number of aromatic nitrogens is 3. The Bertz CT molecular complexity index is 1400. The summed E-state index contributed by atoms with van der Waals surface area (Å²) in [4.78, 5) is 14.8. The van der Waals surface area contributed by atoms with Crippen LogP contribution in [-0.4, -0.2) is 35.2 Å². The zero-order chi connectivity index (χ0) is 23.7. The zero-order valence-electron chi connectivity index (χ0n) is 20.2. The van der Waals surface area contributed by atoms with Crippen molar-refractivity contribution in [1.82, 2.24) is 15.0 Å². The van der Waals surface area contributed by atoms with Crippen molar-refractivity contribution >= 4 is 28.5 Å². The van der Waals surface area contributed by atoms with E-state index < -0.39 is 0 Å².